The predicted octanol–water partition coefficient (Wildman–Crippen LogP) is 2.40. The number of nitrogens with zero attached hydrogens (tertiary/aromatic N) is 1. The minimum absolute atomic E-state index is 0.0205. The number of rotatable bonds is 6. The van der Waals surface area contributed by atoms with Gasteiger partial charge in [-0.1, -0.05) is 17.7 Å². The van der Waals surface area contributed by atoms with Crippen LogP contribution in [-0.4, -0.2) is 42.5 Å². The number of anilines is 1. The molecule has 2 rings (SSSR count). The molecule has 1 aliphatic rings. The number of hydrogen-bond acceptors (Lipinski definition) is 3. The molecule has 0 bridgehead atoms. The highest BCUT2D eigenvalue weighted by molar-refractivity contribution is 5.94. The highest BCUT2D eigenvalue weighted by atomic mass is 16.2. The van der Waals surface area contributed by atoms with Crippen molar-refractivity contribution < 1.29 is 4.79 Å². The van der Waals surface area contributed by atoms with Crippen LogP contribution in [-0.2, 0) is 4.79 Å². The molecule has 1 aromatic carbocycles. The van der Waals surface area contributed by atoms with E-state index in [1.807, 2.05) is 38.1 Å². The van der Waals surface area contributed by atoms with Crippen LogP contribution in [0, 0.1) is 6.92 Å². The third-order valence-electron chi connectivity index (χ3n) is 3.98. The Morgan fingerprint density at radius 3 is 2.43 bits per heavy atom. The lowest BCUT2D eigenvalue weighted by molar-refractivity contribution is -0.118. The lowest BCUT2D eigenvalue weighted by Crippen LogP contribution is -2.47. The van der Waals surface area contributed by atoms with Gasteiger partial charge in [-0.2, -0.15) is 0 Å². The van der Waals surface area contributed by atoms with Crippen LogP contribution >= 0.6 is 0 Å². The number of amides is 1. The number of carbonyl (C=O) groups is 1. The van der Waals surface area contributed by atoms with E-state index in [-0.39, 0.29) is 11.9 Å². The van der Waals surface area contributed by atoms with Crippen LogP contribution in [0.4, 0.5) is 5.69 Å². The van der Waals surface area contributed by atoms with Crippen molar-refractivity contribution in [2.75, 3.05) is 25.0 Å². The molecule has 4 nitrogen and oxygen atoms in total. The molecule has 4 heteroatoms. The summed E-state index contributed by atoms with van der Waals surface area (Å²) < 4.78 is 0. The second-order valence-corrected chi connectivity index (χ2v) is 6.15. The van der Waals surface area contributed by atoms with Gasteiger partial charge in [-0.05, 0) is 58.8 Å². The smallest absolute Gasteiger partial charge is 0.241 e. The third-order valence-corrected chi connectivity index (χ3v) is 3.98. The summed E-state index contributed by atoms with van der Waals surface area (Å²) >= 11 is 0. The van der Waals surface area contributed by atoms with Crippen LogP contribution in [0.2, 0.25) is 0 Å². The molecule has 1 amide bonds. The van der Waals surface area contributed by atoms with Gasteiger partial charge in [0.15, 0.2) is 0 Å². The first-order chi connectivity index (χ1) is 10.0. The molecule has 1 saturated heterocycles. The Morgan fingerprint density at radius 2 is 1.81 bits per heavy atom. The summed E-state index contributed by atoms with van der Waals surface area (Å²) in [6.07, 6.45) is 2.60. The number of benzene rings is 1. The maximum Gasteiger partial charge on any atom is 0.241 e. The van der Waals surface area contributed by atoms with Crippen LogP contribution in [0.3, 0.4) is 0 Å². The fraction of sp³-hybridized carbons (Fsp3) is 0.588. The molecule has 2 N–H and O–H groups in total. The Labute approximate surface area is 127 Å². The zero-order valence-electron chi connectivity index (χ0n) is 13.4. The van der Waals surface area contributed by atoms with Crippen LogP contribution in [0.1, 0.15) is 32.3 Å². The maximum absolute atomic E-state index is 12.2. The van der Waals surface area contributed by atoms with Gasteiger partial charge in [0.2, 0.25) is 5.91 Å². The maximum atomic E-state index is 12.2. The van der Waals surface area contributed by atoms with Gasteiger partial charge in [0.25, 0.3) is 0 Å². The van der Waals surface area contributed by atoms with Crippen molar-refractivity contribution in [3.05, 3.63) is 29.8 Å². The van der Waals surface area contributed by atoms with Gasteiger partial charge in [-0.3, -0.25) is 4.79 Å². The van der Waals surface area contributed by atoms with Gasteiger partial charge in [0.05, 0.1) is 6.04 Å². The summed E-state index contributed by atoms with van der Waals surface area (Å²) in [4.78, 5) is 14.6. The molecule has 0 aromatic heterocycles. The SMILES string of the molecule is Cc1ccc(NC(=O)C(C)NC(C)CN2CCCC2)cc1. The zero-order chi connectivity index (χ0) is 15.2. The van der Waals surface area contributed by atoms with Crippen LogP contribution in [0.25, 0.3) is 0 Å². The minimum atomic E-state index is -0.191. The summed E-state index contributed by atoms with van der Waals surface area (Å²) in [5.41, 5.74) is 2.05. The Hall–Kier alpha value is -1.39. The normalized spacial score (nSPS) is 18.4. The topological polar surface area (TPSA) is 44.4 Å². The fourth-order valence-corrected chi connectivity index (χ4v) is 2.80. The summed E-state index contributed by atoms with van der Waals surface area (Å²) in [6, 6.07) is 8.01. The van der Waals surface area contributed by atoms with E-state index in [1.54, 1.807) is 0 Å². The van der Waals surface area contributed by atoms with E-state index >= 15 is 0 Å². The average Bonchev–Trinajstić information content (AvgIpc) is 2.94. The third kappa shape index (κ3) is 5.14. The molecule has 2 unspecified atom stereocenters. The van der Waals surface area contributed by atoms with Gasteiger partial charge in [-0.15, -0.1) is 0 Å². The van der Waals surface area contributed by atoms with Gasteiger partial charge < -0.3 is 15.5 Å². The molecular weight excluding hydrogens is 262 g/mol. The molecule has 116 valence electrons. The molecule has 0 radical (unpaired) electrons. The minimum Gasteiger partial charge on any atom is -0.325 e. The van der Waals surface area contributed by atoms with Crippen LogP contribution in [0.15, 0.2) is 24.3 Å². The van der Waals surface area contributed by atoms with Gasteiger partial charge in [0.1, 0.15) is 0 Å². The first-order valence-electron chi connectivity index (χ1n) is 7.90. The summed E-state index contributed by atoms with van der Waals surface area (Å²) in [5, 5.41) is 6.34. The predicted molar refractivity (Wildman–Crippen MR) is 87.5 cm³/mol. The number of nitrogens with one attached hydrogen (secondary N) is 2. The fourth-order valence-electron chi connectivity index (χ4n) is 2.80. The van der Waals surface area contributed by atoms with Crippen molar-refractivity contribution >= 4 is 11.6 Å². The van der Waals surface area contributed by atoms with Gasteiger partial charge in [0, 0.05) is 18.3 Å². The van der Waals surface area contributed by atoms with E-state index in [0.29, 0.717) is 6.04 Å². The first kappa shape index (κ1) is 16.0. The summed E-state index contributed by atoms with van der Waals surface area (Å²) in [6.45, 7) is 9.50. The van der Waals surface area contributed by atoms with Crippen molar-refractivity contribution in [3.63, 3.8) is 0 Å². The van der Waals surface area contributed by atoms with E-state index < -0.39 is 0 Å². The number of likely N-dealkylation sites (tertiary alicyclic amines) is 1. The van der Waals surface area contributed by atoms with Crippen molar-refractivity contribution in [1.29, 1.82) is 0 Å². The molecule has 1 fully saturated rings. The lowest BCUT2D eigenvalue weighted by atomic mass is 10.2. The molecule has 21 heavy (non-hydrogen) atoms. The molecule has 0 aliphatic carbocycles. The first-order valence-corrected chi connectivity index (χ1v) is 7.90. The second kappa shape index (κ2) is 7.57. The molecule has 0 spiro atoms. The van der Waals surface area contributed by atoms with Crippen molar-refractivity contribution in [1.82, 2.24) is 10.2 Å². The van der Waals surface area contributed by atoms with Crippen molar-refractivity contribution in [3.8, 4) is 0 Å². The van der Waals surface area contributed by atoms with E-state index in [2.05, 4.69) is 22.5 Å². The quantitative estimate of drug-likeness (QED) is 0.845. The Morgan fingerprint density at radius 1 is 1.19 bits per heavy atom. The second-order valence-electron chi connectivity index (χ2n) is 6.15. The van der Waals surface area contributed by atoms with Crippen molar-refractivity contribution in [2.45, 2.75) is 45.7 Å². The van der Waals surface area contributed by atoms with E-state index in [9.17, 15) is 4.79 Å². The van der Waals surface area contributed by atoms with E-state index in [0.717, 1.165) is 12.2 Å². The molecular formula is C17H27N3O. The molecule has 1 aromatic rings. The lowest BCUT2D eigenvalue weighted by Gasteiger charge is -2.24. The summed E-state index contributed by atoms with van der Waals surface area (Å²) in [5.74, 6) is 0.0205. The monoisotopic (exact) mass is 289 g/mol. The highest BCUT2D eigenvalue weighted by Crippen LogP contribution is 2.10. The Kier molecular flexibility index (Phi) is 5.76. The summed E-state index contributed by atoms with van der Waals surface area (Å²) in [7, 11) is 0. The molecule has 0 saturated carbocycles. The molecule has 1 heterocycles. The average molecular weight is 289 g/mol. The van der Waals surface area contributed by atoms with Crippen molar-refractivity contribution in [2.24, 2.45) is 0 Å². The largest absolute Gasteiger partial charge is 0.325 e. The number of carbonyl (C=O) groups excluding carboxylic acids is 1. The van der Waals surface area contributed by atoms with Crippen LogP contribution < -0.4 is 10.6 Å². The number of aryl methyl sites for hydroxylation is 1. The van der Waals surface area contributed by atoms with E-state index in [4.69, 9.17) is 0 Å². The Balaban J connectivity index is 1.77. The van der Waals surface area contributed by atoms with Gasteiger partial charge >= 0.3 is 0 Å². The molecule has 1 aliphatic heterocycles. The Bertz CT molecular complexity index is 452. The van der Waals surface area contributed by atoms with Gasteiger partial charge in [-0.25, -0.2) is 0 Å². The molecule has 2 atom stereocenters. The van der Waals surface area contributed by atoms with E-state index in [1.165, 1.54) is 31.5 Å². The van der Waals surface area contributed by atoms with Crippen LogP contribution in [0.5, 0.6) is 0 Å². The number of hydrogen-bond donors (Lipinski definition) is 2. The highest BCUT2D eigenvalue weighted by Gasteiger charge is 2.19. The zero-order valence-corrected chi connectivity index (χ0v) is 13.4. The standard InChI is InChI=1S/C17H27N3O/c1-13-6-8-16(9-7-13)19-17(21)15(3)18-14(2)12-20-10-4-5-11-20/h6-9,14-15,18H,4-5,10-12H2,1-3H3,(H,19,21).